The molecule has 4 aromatic carbocycles. The van der Waals surface area contributed by atoms with Gasteiger partial charge >= 0.3 is 12.2 Å². The minimum Gasteiger partial charge on any atom is -0.444 e. The van der Waals surface area contributed by atoms with Gasteiger partial charge in [0, 0.05) is 19.5 Å². The van der Waals surface area contributed by atoms with Crippen molar-refractivity contribution >= 4 is 28.9 Å². The largest absolute Gasteiger partial charge is 0.444 e. The van der Waals surface area contributed by atoms with Crippen molar-refractivity contribution in [2.24, 2.45) is 0 Å². The molecule has 0 spiro atoms. The standard InChI is InChI=1S/C41H49N3O5/c1-40(2,3)48-38(46)42-36(26-31-21-22-32-19-13-14-20-33(32)23-31)37(45)43-27-35(25-30-17-11-8-12-18-30)44(39(47)49-41(4,5)6)28-34(43)24-29-15-9-7-10-16-29/h7-23,34-36H,24-28H2,1-6H3,(H,42,46)/t34?,35-,36?/m0/s1. The fourth-order valence-corrected chi connectivity index (χ4v) is 6.34. The number of nitrogens with one attached hydrogen (secondary N) is 1. The number of benzene rings is 4. The fourth-order valence-electron chi connectivity index (χ4n) is 6.34. The number of amides is 3. The molecule has 8 nitrogen and oxygen atoms in total. The van der Waals surface area contributed by atoms with E-state index < -0.39 is 29.4 Å². The molecule has 2 unspecified atom stereocenters. The number of rotatable bonds is 8. The monoisotopic (exact) mass is 663 g/mol. The van der Waals surface area contributed by atoms with E-state index in [2.05, 4.69) is 11.4 Å². The Morgan fingerprint density at radius 1 is 0.653 bits per heavy atom. The van der Waals surface area contributed by atoms with Crippen LogP contribution in [-0.4, -0.2) is 70.3 Å². The van der Waals surface area contributed by atoms with Crippen LogP contribution < -0.4 is 5.32 Å². The van der Waals surface area contributed by atoms with E-state index in [9.17, 15) is 14.4 Å². The Morgan fingerprint density at radius 3 is 1.73 bits per heavy atom. The van der Waals surface area contributed by atoms with Crippen LogP contribution in [0, 0.1) is 0 Å². The minimum atomic E-state index is -0.903. The van der Waals surface area contributed by atoms with Gasteiger partial charge in [-0.1, -0.05) is 103 Å². The molecule has 5 rings (SSSR count). The summed E-state index contributed by atoms with van der Waals surface area (Å²) in [6.45, 7) is 11.5. The van der Waals surface area contributed by atoms with Crippen molar-refractivity contribution in [1.82, 2.24) is 15.1 Å². The summed E-state index contributed by atoms with van der Waals surface area (Å²) < 4.78 is 11.6. The highest BCUT2D eigenvalue weighted by Gasteiger charge is 2.42. The Labute approximate surface area is 290 Å². The third kappa shape index (κ3) is 10.1. The predicted molar refractivity (Wildman–Crippen MR) is 193 cm³/mol. The highest BCUT2D eigenvalue weighted by Crippen LogP contribution is 2.26. The van der Waals surface area contributed by atoms with E-state index in [1.54, 1.807) is 25.7 Å². The van der Waals surface area contributed by atoms with Crippen LogP contribution in [0.3, 0.4) is 0 Å². The quantitative estimate of drug-likeness (QED) is 0.210. The normalized spacial score (nSPS) is 17.3. The summed E-state index contributed by atoms with van der Waals surface area (Å²) in [6, 6.07) is 32.5. The maximum absolute atomic E-state index is 14.9. The van der Waals surface area contributed by atoms with Gasteiger partial charge in [0.25, 0.3) is 0 Å². The molecule has 1 aliphatic rings. The summed E-state index contributed by atoms with van der Waals surface area (Å²) in [5.41, 5.74) is 1.59. The van der Waals surface area contributed by atoms with E-state index in [-0.39, 0.29) is 37.5 Å². The van der Waals surface area contributed by atoms with Gasteiger partial charge in [-0.15, -0.1) is 0 Å². The first-order chi connectivity index (χ1) is 23.2. The second kappa shape index (κ2) is 15.1. The molecule has 258 valence electrons. The minimum absolute atomic E-state index is 0.221. The molecule has 0 aromatic heterocycles. The lowest BCUT2D eigenvalue weighted by Crippen LogP contribution is -2.65. The molecule has 1 fully saturated rings. The second-order valence-corrected chi connectivity index (χ2v) is 14.9. The van der Waals surface area contributed by atoms with Gasteiger partial charge in [0.1, 0.15) is 17.2 Å². The molecule has 4 aromatic rings. The lowest BCUT2D eigenvalue weighted by Gasteiger charge is -2.47. The highest BCUT2D eigenvalue weighted by atomic mass is 16.6. The average Bonchev–Trinajstić information content (AvgIpc) is 3.04. The van der Waals surface area contributed by atoms with Crippen molar-refractivity contribution in [3.05, 3.63) is 120 Å². The number of carbonyl (C=O) groups excluding carboxylic acids is 3. The number of hydrogen-bond donors (Lipinski definition) is 1. The summed E-state index contributed by atoms with van der Waals surface area (Å²) in [5.74, 6) is -0.221. The third-order valence-corrected chi connectivity index (χ3v) is 8.48. The molecular formula is C41H49N3O5. The molecule has 0 saturated carbocycles. The van der Waals surface area contributed by atoms with Crippen LogP contribution in [-0.2, 0) is 33.5 Å². The molecule has 1 aliphatic heterocycles. The number of alkyl carbamates (subject to hydrolysis) is 1. The van der Waals surface area contributed by atoms with E-state index in [1.165, 1.54) is 0 Å². The number of carbonyl (C=O) groups is 3. The first kappa shape index (κ1) is 35.5. The Kier molecular flexibility index (Phi) is 11.0. The van der Waals surface area contributed by atoms with Crippen LogP contribution >= 0.6 is 0 Å². The molecule has 3 amide bonds. The number of piperazine rings is 1. The van der Waals surface area contributed by atoms with Crippen molar-refractivity contribution in [1.29, 1.82) is 0 Å². The van der Waals surface area contributed by atoms with Crippen molar-refractivity contribution in [3.8, 4) is 0 Å². The van der Waals surface area contributed by atoms with Crippen LogP contribution in [0.2, 0.25) is 0 Å². The van der Waals surface area contributed by atoms with Gasteiger partial charge < -0.3 is 24.6 Å². The summed E-state index contributed by atoms with van der Waals surface area (Å²) in [4.78, 5) is 45.6. The summed E-state index contributed by atoms with van der Waals surface area (Å²) in [6.07, 6.45) is 0.282. The molecule has 1 heterocycles. The Balaban J connectivity index is 1.52. The third-order valence-electron chi connectivity index (χ3n) is 8.48. The van der Waals surface area contributed by atoms with Crippen LogP contribution in [0.4, 0.5) is 9.59 Å². The van der Waals surface area contributed by atoms with Gasteiger partial charge in [0.2, 0.25) is 5.91 Å². The molecule has 0 radical (unpaired) electrons. The van der Waals surface area contributed by atoms with Crippen LogP contribution in [0.25, 0.3) is 10.8 Å². The molecule has 8 heteroatoms. The van der Waals surface area contributed by atoms with Gasteiger partial charge in [-0.25, -0.2) is 9.59 Å². The maximum atomic E-state index is 14.9. The highest BCUT2D eigenvalue weighted by molar-refractivity contribution is 5.87. The average molecular weight is 664 g/mol. The second-order valence-electron chi connectivity index (χ2n) is 14.9. The Hall–Kier alpha value is -4.85. The first-order valence-electron chi connectivity index (χ1n) is 17.1. The van der Waals surface area contributed by atoms with Crippen molar-refractivity contribution in [2.75, 3.05) is 13.1 Å². The van der Waals surface area contributed by atoms with Crippen molar-refractivity contribution in [3.63, 3.8) is 0 Å². The number of nitrogens with zero attached hydrogens (tertiary/aromatic N) is 2. The molecular weight excluding hydrogens is 614 g/mol. The van der Waals surface area contributed by atoms with Gasteiger partial charge in [0.15, 0.2) is 0 Å². The van der Waals surface area contributed by atoms with Crippen molar-refractivity contribution in [2.45, 2.75) is 90.1 Å². The Bertz CT molecular complexity index is 1730. The fraction of sp³-hybridized carbons (Fsp3) is 0.390. The van der Waals surface area contributed by atoms with Crippen LogP contribution in [0.5, 0.6) is 0 Å². The molecule has 49 heavy (non-hydrogen) atoms. The number of ether oxygens (including phenoxy) is 2. The Morgan fingerprint density at radius 2 is 1.16 bits per heavy atom. The lowest BCUT2D eigenvalue weighted by molar-refractivity contribution is -0.140. The van der Waals surface area contributed by atoms with E-state index >= 15 is 0 Å². The topological polar surface area (TPSA) is 88.2 Å². The predicted octanol–water partition coefficient (Wildman–Crippen LogP) is 7.58. The molecule has 3 atom stereocenters. The maximum Gasteiger partial charge on any atom is 0.410 e. The van der Waals surface area contributed by atoms with E-state index in [0.717, 1.165) is 27.5 Å². The number of fused-ring (bicyclic) bond motifs is 1. The molecule has 0 aliphatic carbocycles. The zero-order chi connectivity index (χ0) is 35.2. The van der Waals surface area contributed by atoms with Gasteiger partial charge in [-0.2, -0.15) is 0 Å². The molecule has 0 bridgehead atoms. The van der Waals surface area contributed by atoms with E-state index in [1.807, 2.05) is 123 Å². The molecule has 1 saturated heterocycles. The molecule has 1 N–H and O–H groups in total. The van der Waals surface area contributed by atoms with Crippen molar-refractivity contribution < 1.29 is 23.9 Å². The zero-order valence-corrected chi connectivity index (χ0v) is 29.5. The lowest BCUT2D eigenvalue weighted by atomic mass is 9.94. The summed E-state index contributed by atoms with van der Waals surface area (Å²) in [7, 11) is 0. The van der Waals surface area contributed by atoms with Gasteiger partial charge in [-0.05, 0) is 81.8 Å². The van der Waals surface area contributed by atoms with Crippen LogP contribution in [0.15, 0.2) is 103 Å². The first-order valence-corrected chi connectivity index (χ1v) is 17.1. The van der Waals surface area contributed by atoms with Gasteiger partial charge in [0.05, 0.1) is 12.1 Å². The SMILES string of the molecule is CC(C)(C)OC(=O)NC(Cc1ccc2ccccc2c1)C(=O)N1C[C@H](Cc2ccccc2)N(C(=O)OC(C)(C)C)CC1Cc1ccccc1. The summed E-state index contributed by atoms with van der Waals surface area (Å²) in [5, 5.41) is 5.07. The van der Waals surface area contributed by atoms with Gasteiger partial charge in [-0.3, -0.25) is 4.79 Å². The number of hydrogen-bond acceptors (Lipinski definition) is 5. The smallest absolute Gasteiger partial charge is 0.410 e. The summed E-state index contributed by atoms with van der Waals surface area (Å²) >= 11 is 0. The van der Waals surface area contributed by atoms with E-state index in [0.29, 0.717) is 12.8 Å². The zero-order valence-electron chi connectivity index (χ0n) is 29.5. The van der Waals surface area contributed by atoms with E-state index in [4.69, 9.17) is 9.47 Å². The van der Waals surface area contributed by atoms with Crippen LogP contribution in [0.1, 0.15) is 58.2 Å².